The van der Waals surface area contributed by atoms with Gasteiger partial charge in [-0.3, -0.25) is 10.8 Å². The first-order valence-corrected chi connectivity index (χ1v) is 5.73. The highest BCUT2D eigenvalue weighted by atomic mass is 35.5. The van der Waals surface area contributed by atoms with Gasteiger partial charge in [-0.1, -0.05) is 29.8 Å². The molecule has 1 heterocycles. The summed E-state index contributed by atoms with van der Waals surface area (Å²) in [5, 5.41) is 0.735. The number of nitrogens with zero attached hydrogens (tertiary/aromatic N) is 1. The molecule has 88 valence electrons. The fourth-order valence-corrected chi connectivity index (χ4v) is 1.88. The molecular formula is C13H14ClN3. The molecular weight excluding hydrogens is 234 g/mol. The van der Waals surface area contributed by atoms with Crippen LogP contribution in [-0.4, -0.2) is 4.98 Å². The minimum atomic E-state index is -0.144. The first-order chi connectivity index (χ1) is 8.22. The standard InChI is InChI=1S/C13H14ClN3/c1-9-5-6-10(8-11(9)14)13(17-15)12-4-2-3-7-16-12/h2-8,13,17H,15H2,1H3. The topological polar surface area (TPSA) is 50.9 Å². The monoisotopic (exact) mass is 247 g/mol. The quantitative estimate of drug-likeness (QED) is 0.648. The molecule has 0 aliphatic carbocycles. The number of aryl methyl sites for hydroxylation is 1. The van der Waals surface area contributed by atoms with Crippen LogP contribution in [0.5, 0.6) is 0 Å². The number of hydrogen-bond donors (Lipinski definition) is 2. The highest BCUT2D eigenvalue weighted by Crippen LogP contribution is 2.24. The summed E-state index contributed by atoms with van der Waals surface area (Å²) in [6, 6.07) is 11.5. The number of rotatable bonds is 3. The number of hydrogen-bond acceptors (Lipinski definition) is 3. The molecule has 1 aromatic carbocycles. The zero-order chi connectivity index (χ0) is 12.3. The van der Waals surface area contributed by atoms with Crippen molar-refractivity contribution in [2.24, 2.45) is 5.84 Å². The second-order valence-electron chi connectivity index (χ2n) is 3.86. The second-order valence-corrected chi connectivity index (χ2v) is 4.27. The predicted octanol–water partition coefficient (Wildman–Crippen LogP) is 2.60. The molecule has 0 radical (unpaired) electrons. The maximum atomic E-state index is 6.11. The van der Waals surface area contributed by atoms with Gasteiger partial charge in [0.25, 0.3) is 0 Å². The van der Waals surface area contributed by atoms with Crippen LogP contribution in [0.25, 0.3) is 0 Å². The lowest BCUT2D eigenvalue weighted by atomic mass is 10.0. The van der Waals surface area contributed by atoms with Gasteiger partial charge in [0.1, 0.15) is 0 Å². The molecule has 3 nitrogen and oxygen atoms in total. The first kappa shape index (κ1) is 12.0. The normalized spacial score (nSPS) is 12.4. The number of hydrazine groups is 1. The van der Waals surface area contributed by atoms with E-state index in [9.17, 15) is 0 Å². The summed E-state index contributed by atoms with van der Waals surface area (Å²) in [6.07, 6.45) is 1.75. The molecule has 3 N–H and O–H groups in total. The molecule has 17 heavy (non-hydrogen) atoms. The molecule has 0 bridgehead atoms. The van der Waals surface area contributed by atoms with Gasteiger partial charge in [-0.2, -0.15) is 0 Å². The van der Waals surface area contributed by atoms with E-state index in [1.165, 1.54) is 0 Å². The Hall–Kier alpha value is -1.42. The van der Waals surface area contributed by atoms with Gasteiger partial charge in [0.15, 0.2) is 0 Å². The van der Waals surface area contributed by atoms with Crippen molar-refractivity contribution in [2.45, 2.75) is 13.0 Å². The van der Waals surface area contributed by atoms with E-state index in [0.717, 1.165) is 21.8 Å². The molecule has 0 amide bonds. The fraction of sp³-hybridized carbons (Fsp3) is 0.154. The molecule has 0 aliphatic heterocycles. The summed E-state index contributed by atoms with van der Waals surface area (Å²) in [6.45, 7) is 1.97. The minimum Gasteiger partial charge on any atom is -0.271 e. The van der Waals surface area contributed by atoms with Crippen molar-refractivity contribution in [3.05, 3.63) is 64.4 Å². The smallest absolute Gasteiger partial charge is 0.0881 e. The Bertz CT molecular complexity index is 499. The second kappa shape index (κ2) is 5.27. The van der Waals surface area contributed by atoms with Crippen LogP contribution in [0.2, 0.25) is 5.02 Å². The van der Waals surface area contributed by atoms with Gasteiger partial charge in [-0.25, -0.2) is 5.43 Å². The predicted molar refractivity (Wildman–Crippen MR) is 69.6 cm³/mol. The van der Waals surface area contributed by atoms with Gasteiger partial charge in [0.05, 0.1) is 11.7 Å². The Labute approximate surface area is 106 Å². The van der Waals surface area contributed by atoms with E-state index in [1.807, 2.05) is 43.3 Å². The first-order valence-electron chi connectivity index (χ1n) is 5.35. The number of pyridine rings is 1. The third-order valence-electron chi connectivity index (χ3n) is 2.68. The van der Waals surface area contributed by atoms with Crippen molar-refractivity contribution < 1.29 is 0 Å². The van der Waals surface area contributed by atoms with Crippen LogP contribution in [0.15, 0.2) is 42.6 Å². The SMILES string of the molecule is Cc1ccc(C(NN)c2ccccn2)cc1Cl. The van der Waals surface area contributed by atoms with Crippen molar-refractivity contribution >= 4 is 11.6 Å². The zero-order valence-electron chi connectivity index (χ0n) is 9.52. The molecule has 4 heteroatoms. The van der Waals surface area contributed by atoms with Crippen LogP contribution in [0.3, 0.4) is 0 Å². The Morgan fingerprint density at radius 3 is 2.71 bits per heavy atom. The molecule has 0 aliphatic rings. The van der Waals surface area contributed by atoms with E-state index in [0.29, 0.717) is 0 Å². The minimum absolute atomic E-state index is 0.144. The summed E-state index contributed by atoms with van der Waals surface area (Å²) in [7, 11) is 0. The molecule has 2 aromatic rings. The summed E-state index contributed by atoms with van der Waals surface area (Å²) >= 11 is 6.11. The maximum Gasteiger partial charge on any atom is 0.0881 e. The fourth-order valence-electron chi connectivity index (χ4n) is 1.69. The van der Waals surface area contributed by atoms with Crippen molar-refractivity contribution in [1.82, 2.24) is 10.4 Å². The van der Waals surface area contributed by atoms with E-state index in [1.54, 1.807) is 6.20 Å². The summed E-state index contributed by atoms with van der Waals surface area (Å²) in [4.78, 5) is 4.29. The van der Waals surface area contributed by atoms with Gasteiger partial charge in [0, 0.05) is 11.2 Å². The Morgan fingerprint density at radius 1 is 1.29 bits per heavy atom. The van der Waals surface area contributed by atoms with Crippen molar-refractivity contribution in [3.63, 3.8) is 0 Å². The molecule has 0 fully saturated rings. The summed E-state index contributed by atoms with van der Waals surface area (Å²) in [5.74, 6) is 5.59. The van der Waals surface area contributed by atoms with E-state index in [4.69, 9.17) is 17.4 Å². The van der Waals surface area contributed by atoms with Crippen LogP contribution in [-0.2, 0) is 0 Å². The Balaban J connectivity index is 2.39. The highest BCUT2D eigenvalue weighted by molar-refractivity contribution is 6.31. The lowest BCUT2D eigenvalue weighted by molar-refractivity contribution is 0.620. The Kier molecular flexibility index (Phi) is 3.74. The van der Waals surface area contributed by atoms with Gasteiger partial charge in [-0.15, -0.1) is 0 Å². The van der Waals surface area contributed by atoms with Crippen molar-refractivity contribution in [1.29, 1.82) is 0 Å². The number of nitrogens with one attached hydrogen (secondary N) is 1. The highest BCUT2D eigenvalue weighted by Gasteiger charge is 2.13. The lowest BCUT2D eigenvalue weighted by Crippen LogP contribution is -2.29. The molecule has 0 spiro atoms. The Morgan fingerprint density at radius 2 is 2.12 bits per heavy atom. The van der Waals surface area contributed by atoms with Crippen molar-refractivity contribution in [3.8, 4) is 0 Å². The molecule has 1 unspecified atom stereocenters. The summed E-state index contributed by atoms with van der Waals surface area (Å²) in [5.41, 5.74) is 5.68. The largest absolute Gasteiger partial charge is 0.271 e. The van der Waals surface area contributed by atoms with Crippen LogP contribution in [0.4, 0.5) is 0 Å². The van der Waals surface area contributed by atoms with Crippen LogP contribution in [0, 0.1) is 6.92 Å². The number of halogens is 1. The van der Waals surface area contributed by atoms with Gasteiger partial charge >= 0.3 is 0 Å². The number of aromatic nitrogens is 1. The third-order valence-corrected chi connectivity index (χ3v) is 3.09. The van der Waals surface area contributed by atoms with E-state index in [2.05, 4.69) is 10.4 Å². The van der Waals surface area contributed by atoms with Gasteiger partial charge in [-0.05, 0) is 36.2 Å². The third kappa shape index (κ3) is 2.64. The number of nitrogens with two attached hydrogens (primary N) is 1. The molecule has 1 atom stereocenters. The summed E-state index contributed by atoms with van der Waals surface area (Å²) < 4.78 is 0. The van der Waals surface area contributed by atoms with E-state index >= 15 is 0 Å². The molecule has 0 saturated heterocycles. The van der Waals surface area contributed by atoms with E-state index in [-0.39, 0.29) is 6.04 Å². The van der Waals surface area contributed by atoms with Crippen LogP contribution in [0.1, 0.15) is 22.9 Å². The maximum absolute atomic E-state index is 6.11. The molecule has 1 aromatic heterocycles. The van der Waals surface area contributed by atoms with Crippen molar-refractivity contribution in [2.75, 3.05) is 0 Å². The average molecular weight is 248 g/mol. The van der Waals surface area contributed by atoms with E-state index < -0.39 is 0 Å². The van der Waals surface area contributed by atoms with Gasteiger partial charge < -0.3 is 0 Å². The van der Waals surface area contributed by atoms with Crippen LogP contribution >= 0.6 is 11.6 Å². The lowest BCUT2D eigenvalue weighted by Gasteiger charge is -2.16. The van der Waals surface area contributed by atoms with Gasteiger partial charge in [0.2, 0.25) is 0 Å². The zero-order valence-corrected chi connectivity index (χ0v) is 10.3. The number of benzene rings is 1. The molecule has 0 saturated carbocycles. The molecule has 2 rings (SSSR count). The average Bonchev–Trinajstić information content (AvgIpc) is 2.36. The van der Waals surface area contributed by atoms with Crippen LogP contribution < -0.4 is 11.3 Å².